The van der Waals surface area contributed by atoms with E-state index in [1.54, 1.807) is 6.34 Å². The smallest absolute Gasteiger partial charge is 0.104 e. The molecule has 1 aliphatic heterocycles. The van der Waals surface area contributed by atoms with Crippen LogP contribution in [0.4, 0.5) is 0 Å². The largest absolute Gasteiger partial charge is 0.273 e. The fourth-order valence-electron chi connectivity index (χ4n) is 0.684. The predicted molar refractivity (Wildman–Crippen MR) is 34.1 cm³/mol. The Labute approximate surface area is 50.0 Å². The van der Waals surface area contributed by atoms with E-state index in [-0.39, 0.29) is 0 Å². The lowest BCUT2D eigenvalue weighted by Crippen LogP contribution is -2.31. The Balaban J connectivity index is 2.50. The van der Waals surface area contributed by atoms with Crippen molar-refractivity contribution in [2.45, 2.75) is 13.8 Å². The first-order valence-electron chi connectivity index (χ1n) is 2.86. The molecular formula is C6H11N2. The predicted octanol–water partition coefficient (Wildman–Crippen LogP) is 0.659. The van der Waals surface area contributed by atoms with Gasteiger partial charge in [0.15, 0.2) is 0 Å². The van der Waals surface area contributed by atoms with Gasteiger partial charge in [0, 0.05) is 18.5 Å². The van der Waals surface area contributed by atoms with Crippen LogP contribution in [0.3, 0.4) is 0 Å². The van der Waals surface area contributed by atoms with Gasteiger partial charge in [-0.15, -0.1) is 0 Å². The van der Waals surface area contributed by atoms with Crippen molar-refractivity contribution in [2.24, 2.45) is 10.4 Å². The first-order chi connectivity index (χ1) is 3.71. The van der Waals surface area contributed by atoms with Crippen LogP contribution in [0.1, 0.15) is 13.8 Å². The number of hydrogen-bond acceptors (Lipinski definition) is 1. The summed E-state index contributed by atoms with van der Waals surface area (Å²) in [5.74, 6) is 0. The topological polar surface area (TPSA) is 26.5 Å². The maximum Gasteiger partial charge on any atom is 0.104 e. The Kier molecular flexibility index (Phi) is 1.24. The molecule has 0 aromatic heterocycles. The summed E-state index contributed by atoms with van der Waals surface area (Å²) in [5, 5.41) is 4.04. The number of hydrogen-bond donors (Lipinski definition) is 0. The average molecular weight is 111 g/mol. The van der Waals surface area contributed by atoms with Gasteiger partial charge in [-0.3, -0.25) is 10.3 Å². The Hall–Kier alpha value is -0.530. The summed E-state index contributed by atoms with van der Waals surface area (Å²) < 4.78 is 0. The maximum atomic E-state index is 4.04. The van der Waals surface area contributed by atoms with Crippen molar-refractivity contribution in [3.63, 3.8) is 0 Å². The van der Waals surface area contributed by atoms with Crippen molar-refractivity contribution < 1.29 is 0 Å². The van der Waals surface area contributed by atoms with Crippen LogP contribution < -0.4 is 5.32 Å². The van der Waals surface area contributed by atoms with E-state index in [2.05, 4.69) is 24.2 Å². The first-order valence-corrected chi connectivity index (χ1v) is 2.86. The lowest BCUT2D eigenvalue weighted by atomic mass is 9.93. The zero-order chi connectivity index (χ0) is 6.04. The Morgan fingerprint density at radius 2 is 2.12 bits per heavy atom. The molecule has 8 heavy (non-hydrogen) atoms. The molecule has 1 rings (SSSR count). The molecule has 1 heterocycles. The van der Waals surface area contributed by atoms with Crippen molar-refractivity contribution in [1.29, 1.82) is 0 Å². The number of aliphatic imine (C=N–C) groups is 1. The summed E-state index contributed by atoms with van der Waals surface area (Å²) in [6.45, 7) is 6.20. The van der Waals surface area contributed by atoms with E-state index < -0.39 is 0 Å². The zero-order valence-electron chi connectivity index (χ0n) is 5.39. The van der Waals surface area contributed by atoms with E-state index in [1.807, 2.05) is 0 Å². The van der Waals surface area contributed by atoms with Crippen molar-refractivity contribution in [2.75, 3.05) is 13.1 Å². The van der Waals surface area contributed by atoms with E-state index >= 15 is 0 Å². The van der Waals surface area contributed by atoms with Gasteiger partial charge < -0.3 is 0 Å². The van der Waals surface area contributed by atoms with E-state index in [9.17, 15) is 0 Å². The zero-order valence-corrected chi connectivity index (χ0v) is 5.39. The van der Waals surface area contributed by atoms with Gasteiger partial charge in [0.25, 0.3) is 0 Å². The number of rotatable bonds is 0. The molecule has 1 radical (unpaired) electrons. The minimum atomic E-state index is 0.314. The molecule has 0 fully saturated rings. The summed E-state index contributed by atoms with van der Waals surface area (Å²) in [7, 11) is 0. The van der Waals surface area contributed by atoms with Crippen molar-refractivity contribution in [1.82, 2.24) is 5.32 Å². The normalized spacial score (nSPS) is 24.8. The van der Waals surface area contributed by atoms with E-state index in [0.29, 0.717) is 5.41 Å². The average Bonchev–Trinajstić information content (AvgIpc) is 1.65. The van der Waals surface area contributed by atoms with Gasteiger partial charge in [0.1, 0.15) is 6.34 Å². The molecule has 0 amide bonds. The molecule has 0 atom stereocenters. The Bertz CT molecular complexity index is 105. The fraction of sp³-hybridized carbons (Fsp3) is 0.833. The van der Waals surface area contributed by atoms with Crippen LogP contribution in [-0.4, -0.2) is 19.4 Å². The number of nitrogens with zero attached hydrogens (tertiary/aromatic N) is 2. The van der Waals surface area contributed by atoms with Crippen LogP contribution in [0, 0.1) is 5.41 Å². The summed E-state index contributed by atoms with van der Waals surface area (Å²) in [6.07, 6.45) is 1.66. The van der Waals surface area contributed by atoms with Gasteiger partial charge in [-0.2, -0.15) is 0 Å². The van der Waals surface area contributed by atoms with Crippen LogP contribution in [0.2, 0.25) is 0 Å². The summed E-state index contributed by atoms with van der Waals surface area (Å²) in [4.78, 5) is 4.04. The van der Waals surface area contributed by atoms with Crippen molar-refractivity contribution in [3.05, 3.63) is 0 Å². The second-order valence-corrected chi connectivity index (χ2v) is 2.96. The van der Waals surface area contributed by atoms with Crippen molar-refractivity contribution >= 4 is 6.34 Å². The minimum Gasteiger partial charge on any atom is -0.273 e. The standard InChI is InChI=1S/C6H11N2/c1-6(2)3-7-5-8-4-6/h5H,3-4H2,1-2H3. The Morgan fingerprint density at radius 3 is 2.38 bits per heavy atom. The highest BCUT2D eigenvalue weighted by Gasteiger charge is 2.18. The van der Waals surface area contributed by atoms with Crippen LogP contribution >= 0.6 is 0 Å². The highest BCUT2D eigenvalue weighted by atomic mass is 15.0. The van der Waals surface area contributed by atoms with Gasteiger partial charge in [0.05, 0.1) is 0 Å². The Morgan fingerprint density at radius 1 is 1.38 bits per heavy atom. The molecule has 0 aromatic carbocycles. The molecule has 0 aliphatic carbocycles. The molecule has 0 spiro atoms. The molecule has 0 saturated heterocycles. The third kappa shape index (κ3) is 1.22. The van der Waals surface area contributed by atoms with Crippen LogP contribution in [-0.2, 0) is 0 Å². The van der Waals surface area contributed by atoms with Crippen LogP contribution in [0.15, 0.2) is 4.99 Å². The van der Waals surface area contributed by atoms with Gasteiger partial charge in [-0.05, 0) is 0 Å². The quantitative estimate of drug-likeness (QED) is 0.439. The molecule has 0 aromatic rings. The summed E-state index contributed by atoms with van der Waals surface area (Å²) in [5.41, 5.74) is 0.314. The molecule has 2 heteroatoms. The molecular weight excluding hydrogens is 100 g/mol. The molecule has 2 nitrogen and oxygen atoms in total. The van der Waals surface area contributed by atoms with Gasteiger partial charge in [-0.25, -0.2) is 0 Å². The third-order valence-electron chi connectivity index (χ3n) is 1.20. The molecule has 45 valence electrons. The highest BCUT2D eigenvalue weighted by molar-refractivity contribution is 5.54. The monoisotopic (exact) mass is 111 g/mol. The molecule has 1 aliphatic rings. The van der Waals surface area contributed by atoms with Gasteiger partial charge in [0.2, 0.25) is 0 Å². The second-order valence-electron chi connectivity index (χ2n) is 2.96. The minimum absolute atomic E-state index is 0.314. The van der Waals surface area contributed by atoms with Gasteiger partial charge in [-0.1, -0.05) is 13.8 Å². The molecule has 0 saturated carbocycles. The van der Waals surface area contributed by atoms with Crippen LogP contribution in [0.25, 0.3) is 0 Å². The lowest BCUT2D eigenvalue weighted by molar-refractivity contribution is 0.363. The highest BCUT2D eigenvalue weighted by Crippen LogP contribution is 2.15. The van der Waals surface area contributed by atoms with Crippen LogP contribution in [0.5, 0.6) is 0 Å². The van der Waals surface area contributed by atoms with E-state index in [1.165, 1.54) is 0 Å². The lowest BCUT2D eigenvalue weighted by Gasteiger charge is -2.23. The first kappa shape index (κ1) is 5.60. The second kappa shape index (κ2) is 1.77. The van der Waals surface area contributed by atoms with Gasteiger partial charge >= 0.3 is 0 Å². The molecule has 0 N–H and O–H groups in total. The molecule has 0 unspecified atom stereocenters. The maximum absolute atomic E-state index is 4.04. The summed E-state index contributed by atoms with van der Waals surface area (Å²) >= 11 is 0. The van der Waals surface area contributed by atoms with E-state index in [4.69, 9.17) is 0 Å². The SMILES string of the molecule is CC1(C)C[N]C=NC1. The van der Waals surface area contributed by atoms with E-state index in [0.717, 1.165) is 13.1 Å². The summed E-state index contributed by atoms with van der Waals surface area (Å²) in [6, 6.07) is 0. The molecule has 0 bridgehead atoms. The van der Waals surface area contributed by atoms with Crippen molar-refractivity contribution in [3.8, 4) is 0 Å². The fourth-order valence-corrected chi connectivity index (χ4v) is 0.684. The third-order valence-corrected chi connectivity index (χ3v) is 1.20.